The molecule has 0 fully saturated rings. The van der Waals surface area contributed by atoms with Crippen LogP contribution in [-0.4, -0.2) is 25.2 Å². The van der Waals surface area contributed by atoms with Gasteiger partial charge in [0.05, 0.1) is 11.3 Å². The predicted octanol–water partition coefficient (Wildman–Crippen LogP) is 6.08. The average Bonchev–Trinajstić information content (AvgIpc) is 3.02. The van der Waals surface area contributed by atoms with Gasteiger partial charge in [-0.15, -0.1) is 0 Å². The lowest BCUT2D eigenvalue weighted by atomic mass is 9.97. The summed E-state index contributed by atoms with van der Waals surface area (Å²) in [6.07, 6.45) is -1.55. The van der Waals surface area contributed by atoms with Gasteiger partial charge in [0, 0.05) is 30.7 Å². The molecule has 2 aromatic carbocycles. The number of nitrogens with one attached hydrogen (secondary N) is 1. The second-order valence-corrected chi connectivity index (χ2v) is 7.47. The molecule has 0 spiro atoms. The number of amides is 1. The number of rotatable bonds is 7. The number of hydrogen-bond donors (Lipinski definition) is 1. The number of fused-ring (bicyclic) bond motifs is 1. The van der Waals surface area contributed by atoms with E-state index in [0.717, 1.165) is 35.7 Å². The molecule has 3 rings (SSSR count). The predicted molar refractivity (Wildman–Crippen MR) is 115 cm³/mol. The molecule has 1 unspecified atom stereocenters. The zero-order valence-electron chi connectivity index (χ0n) is 17.4. The van der Waals surface area contributed by atoms with Crippen molar-refractivity contribution in [1.82, 2.24) is 0 Å². The number of hydrogen-bond acceptors (Lipinski definition) is 3. The Balaban J connectivity index is 1.95. The molecule has 0 saturated carbocycles. The third-order valence-corrected chi connectivity index (χ3v) is 5.16. The highest BCUT2D eigenvalue weighted by Gasteiger charge is 2.35. The Morgan fingerprint density at radius 3 is 2.47 bits per heavy atom. The van der Waals surface area contributed by atoms with Gasteiger partial charge in [-0.25, -0.2) is 0 Å². The van der Waals surface area contributed by atoms with Crippen molar-refractivity contribution in [3.8, 4) is 0 Å². The minimum Gasteiger partial charge on any atom is -0.371 e. The maximum absolute atomic E-state index is 13.8. The van der Waals surface area contributed by atoms with Gasteiger partial charge in [0.15, 0.2) is 0 Å². The number of alkyl halides is 3. The van der Waals surface area contributed by atoms with Gasteiger partial charge >= 0.3 is 6.18 Å². The topological polar surface area (TPSA) is 44.7 Å². The second kappa shape index (κ2) is 8.90. The summed E-state index contributed by atoms with van der Waals surface area (Å²) < 4.78 is 41.3. The van der Waals surface area contributed by atoms with Gasteiger partial charge in [0.25, 0.3) is 0 Å². The van der Waals surface area contributed by atoms with Crippen LogP contribution in [0.5, 0.6) is 0 Å². The van der Waals surface area contributed by atoms with Gasteiger partial charge in [-0.05, 0) is 55.2 Å². The Morgan fingerprint density at radius 1 is 1.13 bits per heavy atom. The molecule has 1 aliphatic heterocycles. The maximum atomic E-state index is 13.8. The van der Waals surface area contributed by atoms with Crippen molar-refractivity contribution in [2.45, 2.75) is 45.7 Å². The first-order valence-electron chi connectivity index (χ1n) is 10.2. The molecule has 1 amide bonds. The van der Waals surface area contributed by atoms with Gasteiger partial charge in [-0.2, -0.15) is 13.2 Å². The number of anilines is 2. The van der Waals surface area contributed by atoms with Crippen molar-refractivity contribution in [3.63, 3.8) is 0 Å². The fraction of sp³-hybridized carbons (Fsp3) is 0.391. The maximum Gasteiger partial charge on any atom is 0.418 e. The summed E-state index contributed by atoms with van der Waals surface area (Å²) in [6, 6.07) is 9.67. The molecule has 0 aromatic heterocycles. The largest absolute Gasteiger partial charge is 0.418 e. The van der Waals surface area contributed by atoms with Crippen molar-refractivity contribution >= 4 is 29.2 Å². The van der Waals surface area contributed by atoms with Gasteiger partial charge in [-0.3, -0.25) is 9.79 Å². The van der Waals surface area contributed by atoms with E-state index in [1.807, 2.05) is 32.9 Å². The highest BCUT2D eigenvalue weighted by molar-refractivity contribution is 6.13. The van der Waals surface area contributed by atoms with Crippen LogP contribution in [0, 0.1) is 6.92 Å². The van der Waals surface area contributed by atoms with Crippen LogP contribution in [0.15, 0.2) is 41.4 Å². The molecule has 2 aromatic rings. The molecule has 0 bridgehead atoms. The van der Waals surface area contributed by atoms with Gasteiger partial charge < -0.3 is 10.2 Å². The molecule has 4 nitrogen and oxygen atoms in total. The second-order valence-electron chi connectivity index (χ2n) is 7.47. The first kappa shape index (κ1) is 21.9. The monoisotopic (exact) mass is 417 g/mol. The van der Waals surface area contributed by atoms with Crippen molar-refractivity contribution in [2.24, 2.45) is 4.99 Å². The minimum atomic E-state index is -4.49. The fourth-order valence-corrected chi connectivity index (χ4v) is 3.85. The van der Waals surface area contributed by atoms with Crippen LogP contribution in [0.3, 0.4) is 0 Å². The zero-order chi connectivity index (χ0) is 21.9. The summed E-state index contributed by atoms with van der Waals surface area (Å²) in [4.78, 5) is 18.3. The van der Waals surface area contributed by atoms with Gasteiger partial charge in [0.1, 0.15) is 5.92 Å². The molecule has 7 heteroatoms. The van der Waals surface area contributed by atoms with Crippen molar-refractivity contribution in [3.05, 3.63) is 53.1 Å². The highest BCUT2D eigenvalue weighted by Crippen LogP contribution is 2.39. The van der Waals surface area contributed by atoms with Gasteiger partial charge in [0.2, 0.25) is 5.91 Å². The van der Waals surface area contributed by atoms with E-state index < -0.39 is 17.7 Å². The van der Waals surface area contributed by atoms with E-state index >= 15 is 0 Å². The van der Waals surface area contributed by atoms with E-state index in [4.69, 9.17) is 0 Å². The lowest BCUT2D eigenvalue weighted by Crippen LogP contribution is -2.27. The smallest absolute Gasteiger partial charge is 0.371 e. The Hall–Kier alpha value is -2.83. The average molecular weight is 417 g/mol. The zero-order valence-corrected chi connectivity index (χ0v) is 17.4. The van der Waals surface area contributed by atoms with E-state index in [1.54, 1.807) is 17.0 Å². The molecule has 1 heterocycles. The molecular formula is C23H26F3N3O. The summed E-state index contributed by atoms with van der Waals surface area (Å²) >= 11 is 0. The Labute approximate surface area is 174 Å². The summed E-state index contributed by atoms with van der Waals surface area (Å²) in [7, 11) is 0. The van der Waals surface area contributed by atoms with Crippen molar-refractivity contribution < 1.29 is 18.0 Å². The molecule has 1 aliphatic rings. The number of halogens is 3. The van der Waals surface area contributed by atoms with E-state index in [9.17, 15) is 18.0 Å². The Kier molecular flexibility index (Phi) is 6.48. The van der Waals surface area contributed by atoms with E-state index in [2.05, 4.69) is 10.3 Å². The standard InChI is InChI=1S/C23H26F3N3O/c1-4-11-29(12-5-2)20-10-9-16(13-18(20)23(24,25)26)27-14-17-21-15(3)7-6-8-19(21)28-22(17)30/h6-10,13-14,17H,4-5,11-12H2,1-3H3,(H,28,30). The van der Waals surface area contributed by atoms with Crippen LogP contribution >= 0.6 is 0 Å². The van der Waals surface area contributed by atoms with Crippen LogP contribution < -0.4 is 10.2 Å². The van der Waals surface area contributed by atoms with E-state index in [0.29, 0.717) is 13.1 Å². The Morgan fingerprint density at radius 2 is 1.83 bits per heavy atom. The van der Waals surface area contributed by atoms with Crippen LogP contribution in [0.4, 0.5) is 30.2 Å². The molecule has 1 atom stereocenters. The summed E-state index contributed by atoms with van der Waals surface area (Å²) in [5.41, 5.74) is 2.11. The first-order chi connectivity index (χ1) is 14.3. The minimum absolute atomic E-state index is 0.171. The molecule has 30 heavy (non-hydrogen) atoms. The molecular weight excluding hydrogens is 391 g/mol. The fourth-order valence-electron chi connectivity index (χ4n) is 3.85. The number of aliphatic imine (C=N–C) groups is 1. The van der Waals surface area contributed by atoms with E-state index in [-0.39, 0.29) is 17.3 Å². The molecule has 1 N–H and O–H groups in total. The van der Waals surface area contributed by atoms with Crippen LogP contribution in [0.2, 0.25) is 0 Å². The van der Waals surface area contributed by atoms with E-state index in [1.165, 1.54) is 12.3 Å². The summed E-state index contributed by atoms with van der Waals surface area (Å²) in [5, 5.41) is 2.80. The number of nitrogens with zero attached hydrogens (tertiary/aromatic N) is 2. The number of carbonyl (C=O) groups excluding carboxylic acids is 1. The van der Waals surface area contributed by atoms with Crippen LogP contribution in [0.25, 0.3) is 0 Å². The SMILES string of the molecule is CCCN(CCC)c1ccc(N=CC2C(=O)Nc3cccc(C)c32)cc1C(F)(F)F. The summed E-state index contributed by atoms with van der Waals surface area (Å²) in [5.74, 6) is -0.848. The Bertz CT molecular complexity index is 947. The lowest BCUT2D eigenvalue weighted by Gasteiger charge is -2.27. The molecule has 0 radical (unpaired) electrons. The third-order valence-electron chi connectivity index (χ3n) is 5.16. The van der Waals surface area contributed by atoms with Crippen LogP contribution in [0.1, 0.15) is 49.3 Å². The molecule has 0 saturated heterocycles. The number of carbonyl (C=O) groups is 1. The molecule has 160 valence electrons. The molecule has 0 aliphatic carbocycles. The third kappa shape index (κ3) is 4.50. The number of aryl methyl sites for hydroxylation is 1. The van der Waals surface area contributed by atoms with Gasteiger partial charge in [-0.1, -0.05) is 26.0 Å². The first-order valence-corrected chi connectivity index (χ1v) is 10.2. The van der Waals surface area contributed by atoms with Crippen molar-refractivity contribution in [1.29, 1.82) is 0 Å². The number of benzene rings is 2. The van der Waals surface area contributed by atoms with Crippen LogP contribution in [-0.2, 0) is 11.0 Å². The quantitative estimate of drug-likeness (QED) is 0.555. The normalized spacial score (nSPS) is 16.1. The van der Waals surface area contributed by atoms with Crippen molar-refractivity contribution in [2.75, 3.05) is 23.3 Å². The highest BCUT2D eigenvalue weighted by atomic mass is 19.4. The summed E-state index contributed by atoms with van der Waals surface area (Å²) in [6.45, 7) is 6.89. The lowest BCUT2D eigenvalue weighted by molar-refractivity contribution is -0.137.